The summed E-state index contributed by atoms with van der Waals surface area (Å²) in [7, 11) is 0. The van der Waals surface area contributed by atoms with Crippen molar-refractivity contribution in [3.05, 3.63) is 23.9 Å². The highest BCUT2D eigenvalue weighted by Crippen LogP contribution is 2.30. The maximum atomic E-state index is 10.1. The van der Waals surface area contributed by atoms with Gasteiger partial charge in [0.25, 0.3) is 0 Å². The van der Waals surface area contributed by atoms with Crippen LogP contribution in [-0.4, -0.2) is 28.3 Å². The molecule has 1 atom stereocenters. The fourth-order valence-corrected chi connectivity index (χ4v) is 2.42. The van der Waals surface area contributed by atoms with Crippen LogP contribution >= 0.6 is 0 Å². The Morgan fingerprint density at radius 1 is 1.59 bits per heavy atom. The predicted octanol–water partition coefficient (Wildman–Crippen LogP) is 1.69. The summed E-state index contributed by atoms with van der Waals surface area (Å²) in [6.45, 7) is 4.53. The lowest BCUT2D eigenvalue weighted by atomic mass is 9.96. The molecule has 0 amide bonds. The first kappa shape index (κ1) is 11.9. The number of pyridine rings is 1. The molecule has 0 aromatic carbocycles. The smallest absolute Gasteiger partial charge is 0.130 e. The van der Waals surface area contributed by atoms with Gasteiger partial charge in [-0.3, -0.25) is 0 Å². The van der Waals surface area contributed by atoms with E-state index in [4.69, 9.17) is 5.26 Å². The van der Waals surface area contributed by atoms with Gasteiger partial charge < -0.3 is 10.0 Å². The summed E-state index contributed by atoms with van der Waals surface area (Å²) in [6, 6.07) is 5.66. The Morgan fingerprint density at radius 3 is 3.00 bits per heavy atom. The van der Waals surface area contributed by atoms with E-state index < -0.39 is 5.60 Å². The zero-order chi connectivity index (χ0) is 12.5. The first-order valence-electron chi connectivity index (χ1n) is 5.87. The normalized spacial score (nSPS) is 20.4. The highest BCUT2D eigenvalue weighted by molar-refractivity contribution is 5.47. The van der Waals surface area contributed by atoms with E-state index in [1.54, 1.807) is 18.3 Å². The van der Waals surface area contributed by atoms with Gasteiger partial charge in [-0.25, -0.2) is 4.98 Å². The summed E-state index contributed by atoms with van der Waals surface area (Å²) in [4.78, 5) is 6.39. The summed E-state index contributed by atoms with van der Waals surface area (Å²) in [6.07, 6.45) is 3.66. The monoisotopic (exact) mass is 231 g/mol. The van der Waals surface area contributed by atoms with Crippen LogP contribution in [0.5, 0.6) is 0 Å². The third-order valence-corrected chi connectivity index (χ3v) is 3.24. The summed E-state index contributed by atoms with van der Waals surface area (Å²) in [5.41, 5.74) is -0.141. The average molecular weight is 231 g/mol. The minimum atomic E-state index is -0.749. The molecule has 1 aromatic rings. The van der Waals surface area contributed by atoms with Crippen molar-refractivity contribution in [3.8, 4) is 6.07 Å². The van der Waals surface area contributed by atoms with Crippen LogP contribution in [0.4, 0.5) is 5.82 Å². The molecule has 1 unspecified atom stereocenters. The Morgan fingerprint density at radius 2 is 2.35 bits per heavy atom. The Bertz CT molecular complexity index is 445. The van der Waals surface area contributed by atoms with E-state index >= 15 is 0 Å². The Kier molecular flexibility index (Phi) is 3.03. The van der Waals surface area contributed by atoms with Crippen LogP contribution in [0.1, 0.15) is 32.3 Å². The van der Waals surface area contributed by atoms with Gasteiger partial charge in [-0.2, -0.15) is 5.26 Å². The summed E-state index contributed by atoms with van der Waals surface area (Å²) in [5, 5.41) is 19.0. The van der Waals surface area contributed by atoms with Gasteiger partial charge in [-0.1, -0.05) is 0 Å². The minimum Gasteiger partial charge on any atom is -0.388 e. The molecule has 4 heteroatoms. The van der Waals surface area contributed by atoms with Crippen LogP contribution in [0.25, 0.3) is 0 Å². The topological polar surface area (TPSA) is 60.1 Å². The fraction of sp³-hybridized carbons (Fsp3) is 0.538. The molecule has 0 bridgehead atoms. The van der Waals surface area contributed by atoms with Gasteiger partial charge in [0.15, 0.2) is 0 Å². The van der Waals surface area contributed by atoms with Crippen molar-refractivity contribution in [1.82, 2.24) is 4.98 Å². The van der Waals surface area contributed by atoms with Gasteiger partial charge in [0, 0.05) is 12.7 Å². The maximum Gasteiger partial charge on any atom is 0.130 e. The van der Waals surface area contributed by atoms with Crippen LogP contribution in [0.15, 0.2) is 18.3 Å². The first-order chi connectivity index (χ1) is 8.02. The van der Waals surface area contributed by atoms with Gasteiger partial charge in [0.05, 0.1) is 23.3 Å². The molecule has 1 aromatic heterocycles. The lowest BCUT2D eigenvalue weighted by Gasteiger charge is -2.34. The molecule has 0 saturated carbocycles. The molecule has 0 spiro atoms. The number of hydrogen-bond acceptors (Lipinski definition) is 4. The van der Waals surface area contributed by atoms with Crippen LogP contribution < -0.4 is 4.90 Å². The third-order valence-electron chi connectivity index (χ3n) is 3.24. The standard InChI is InChI=1S/C13H17N3O/c1-13(2,17)11-4-3-7-16(11)12-8-10(9-14)5-6-15-12/h5-6,8,11,17H,3-4,7H2,1-2H3. The maximum absolute atomic E-state index is 10.1. The molecule has 90 valence electrons. The molecule has 0 aliphatic carbocycles. The Balaban J connectivity index is 2.30. The van der Waals surface area contributed by atoms with Crippen molar-refractivity contribution < 1.29 is 5.11 Å². The van der Waals surface area contributed by atoms with Crippen molar-refractivity contribution in [2.45, 2.75) is 38.3 Å². The second-order valence-corrected chi connectivity index (χ2v) is 5.02. The SMILES string of the molecule is CC(C)(O)C1CCCN1c1cc(C#N)ccn1. The summed E-state index contributed by atoms with van der Waals surface area (Å²) < 4.78 is 0. The molecular weight excluding hydrogens is 214 g/mol. The zero-order valence-electron chi connectivity index (χ0n) is 10.2. The van der Waals surface area contributed by atoms with E-state index in [1.807, 2.05) is 13.8 Å². The van der Waals surface area contributed by atoms with Gasteiger partial charge in [-0.15, -0.1) is 0 Å². The minimum absolute atomic E-state index is 0.0731. The van der Waals surface area contributed by atoms with Crippen molar-refractivity contribution in [1.29, 1.82) is 5.26 Å². The van der Waals surface area contributed by atoms with E-state index in [2.05, 4.69) is 16.0 Å². The second-order valence-electron chi connectivity index (χ2n) is 5.02. The molecule has 2 rings (SSSR count). The molecule has 17 heavy (non-hydrogen) atoms. The van der Waals surface area contributed by atoms with E-state index in [9.17, 15) is 5.11 Å². The molecule has 1 aliphatic rings. The zero-order valence-corrected chi connectivity index (χ0v) is 10.2. The summed E-state index contributed by atoms with van der Waals surface area (Å²) in [5.74, 6) is 0.786. The number of aliphatic hydroxyl groups is 1. The third kappa shape index (κ3) is 2.40. The predicted molar refractivity (Wildman–Crippen MR) is 65.6 cm³/mol. The fourth-order valence-electron chi connectivity index (χ4n) is 2.42. The molecule has 2 heterocycles. The number of anilines is 1. The number of nitriles is 1. The van der Waals surface area contributed by atoms with Crippen LogP contribution in [0.2, 0.25) is 0 Å². The largest absolute Gasteiger partial charge is 0.388 e. The average Bonchev–Trinajstić information content (AvgIpc) is 2.77. The van der Waals surface area contributed by atoms with Crippen LogP contribution in [0.3, 0.4) is 0 Å². The Labute approximate surface area is 102 Å². The van der Waals surface area contributed by atoms with E-state index in [1.165, 1.54) is 0 Å². The molecule has 1 N–H and O–H groups in total. The number of hydrogen-bond donors (Lipinski definition) is 1. The number of rotatable bonds is 2. The van der Waals surface area contributed by atoms with E-state index in [0.29, 0.717) is 5.56 Å². The van der Waals surface area contributed by atoms with Gasteiger partial charge in [-0.05, 0) is 38.8 Å². The first-order valence-corrected chi connectivity index (χ1v) is 5.87. The van der Waals surface area contributed by atoms with E-state index in [-0.39, 0.29) is 6.04 Å². The molecule has 0 radical (unpaired) electrons. The van der Waals surface area contributed by atoms with Crippen LogP contribution in [0, 0.1) is 11.3 Å². The van der Waals surface area contributed by atoms with Crippen molar-refractivity contribution in [2.75, 3.05) is 11.4 Å². The molecule has 1 fully saturated rings. The summed E-state index contributed by atoms with van der Waals surface area (Å²) >= 11 is 0. The van der Waals surface area contributed by atoms with Crippen molar-refractivity contribution in [2.24, 2.45) is 0 Å². The molecular formula is C13H17N3O. The van der Waals surface area contributed by atoms with Crippen molar-refractivity contribution >= 4 is 5.82 Å². The van der Waals surface area contributed by atoms with Gasteiger partial charge >= 0.3 is 0 Å². The lowest BCUT2D eigenvalue weighted by Crippen LogP contribution is -2.46. The van der Waals surface area contributed by atoms with E-state index in [0.717, 1.165) is 25.2 Å². The van der Waals surface area contributed by atoms with Crippen LogP contribution in [-0.2, 0) is 0 Å². The highest BCUT2D eigenvalue weighted by Gasteiger charge is 2.36. The number of nitrogens with zero attached hydrogens (tertiary/aromatic N) is 3. The second kappa shape index (κ2) is 4.34. The Hall–Kier alpha value is -1.60. The molecule has 1 saturated heterocycles. The van der Waals surface area contributed by atoms with Gasteiger partial charge in [0.1, 0.15) is 5.82 Å². The highest BCUT2D eigenvalue weighted by atomic mass is 16.3. The van der Waals surface area contributed by atoms with Crippen molar-refractivity contribution in [3.63, 3.8) is 0 Å². The van der Waals surface area contributed by atoms with Gasteiger partial charge in [0.2, 0.25) is 0 Å². The molecule has 4 nitrogen and oxygen atoms in total. The lowest BCUT2D eigenvalue weighted by molar-refractivity contribution is 0.0533. The number of aromatic nitrogens is 1. The molecule has 1 aliphatic heterocycles. The quantitative estimate of drug-likeness (QED) is 0.841.